The summed E-state index contributed by atoms with van der Waals surface area (Å²) in [5.74, 6) is -1.05. The number of methoxy groups -OCH3 is 2. The van der Waals surface area contributed by atoms with Gasteiger partial charge in [0, 0.05) is 19.1 Å². The lowest BCUT2D eigenvalue weighted by Crippen LogP contribution is -2.39. The summed E-state index contributed by atoms with van der Waals surface area (Å²) in [4.78, 5) is 29.4. The Morgan fingerprint density at radius 1 is 1.00 bits per heavy atom. The van der Waals surface area contributed by atoms with Gasteiger partial charge in [0.05, 0.1) is 51.9 Å². The van der Waals surface area contributed by atoms with Crippen LogP contribution >= 0.6 is 7.82 Å². The quantitative estimate of drug-likeness (QED) is 0.0605. The minimum Gasteiger partial charge on any atom is -0.497 e. The number of ether oxygens (including phenoxy) is 8. The molecule has 4 rings (SSSR count). The van der Waals surface area contributed by atoms with Crippen molar-refractivity contribution in [1.29, 1.82) is 0 Å². The summed E-state index contributed by atoms with van der Waals surface area (Å²) >= 11 is 0. The molecule has 336 valence electrons. The normalized spacial score (nSPS) is 22.2. The number of phosphoric ester groups is 1. The lowest BCUT2D eigenvalue weighted by molar-refractivity contribution is -0.156. The van der Waals surface area contributed by atoms with E-state index in [2.05, 4.69) is 13.2 Å². The fraction of sp³-hybridized carbons (Fsp3) is 0.511. The van der Waals surface area contributed by atoms with Crippen molar-refractivity contribution in [2.75, 3.05) is 52.3 Å². The number of benzene rings is 2. The standard InChI is InChI=1S/C45H62NO14P/c1-12-24-54-61(49,55-25-13-2)56-26-23-46(43(48)60-44(5,6)7)35-27-34-15-14-16-38-41(59-45(8,9)58-38)37(52-29-33-18-20-36(51-11)21-19-33)22-17-31(3)32(4)57-42(47)40(34)39(28-35)53-30-50-10/h12-15,17-22,27-28,31-32,37-38,41H,1-2,16,23-26,29-30H2,3-11H3/b15-14?,22-17-/t31-,32+,37-,38+,41-/m1/s1. The van der Waals surface area contributed by atoms with E-state index in [1.807, 2.05) is 63.3 Å². The minimum atomic E-state index is -4.09. The van der Waals surface area contributed by atoms with Crippen LogP contribution in [0.2, 0.25) is 0 Å². The zero-order valence-electron chi connectivity index (χ0n) is 36.8. The van der Waals surface area contributed by atoms with E-state index in [-0.39, 0.29) is 56.1 Å². The first-order chi connectivity index (χ1) is 28.9. The second-order valence-corrected chi connectivity index (χ2v) is 17.5. The zero-order valence-corrected chi connectivity index (χ0v) is 37.7. The van der Waals surface area contributed by atoms with Gasteiger partial charge in [0.15, 0.2) is 12.6 Å². The van der Waals surface area contributed by atoms with Crippen LogP contribution in [-0.4, -0.2) is 95.2 Å². The van der Waals surface area contributed by atoms with Crippen molar-refractivity contribution in [2.24, 2.45) is 5.92 Å². The van der Waals surface area contributed by atoms with E-state index in [4.69, 9.17) is 51.5 Å². The maximum Gasteiger partial charge on any atom is 0.475 e. The van der Waals surface area contributed by atoms with Crippen LogP contribution in [0, 0.1) is 5.92 Å². The lowest BCUT2D eigenvalue weighted by atomic mass is 9.98. The molecule has 1 amide bonds. The van der Waals surface area contributed by atoms with Gasteiger partial charge in [-0.15, -0.1) is 13.2 Å². The Labute approximate surface area is 360 Å². The molecule has 0 spiro atoms. The number of anilines is 1. The Balaban J connectivity index is 1.78. The van der Waals surface area contributed by atoms with Crippen LogP contribution in [0.4, 0.5) is 10.5 Å². The van der Waals surface area contributed by atoms with Crippen LogP contribution in [-0.2, 0) is 53.2 Å². The second-order valence-electron chi connectivity index (χ2n) is 15.8. The van der Waals surface area contributed by atoms with Crippen molar-refractivity contribution in [3.05, 3.63) is 96.6 Å². The number of hydrogen-bond acceptors (Lipinski definition) is 14. The van der Waals surface area contributed by atoms with Gasteiger partial charge in [-0.05, 0) is 77.3 Å². The molecule has 15 nitrogen and oxygen atoms in total. The first kappa shape index (κ1) is 49.3. The average Bonchev–Trinajstić information content (AvgIpc) is 3.52. The van der Waals surface area contributed by atoms with Crippen molar-refractivity contribution >= 4 is 31.6 Å². The molecule has 2 heterocycles. The Morgan fingerprint density at radius 3 is 2.31 bits per heavy atom. The molecule has 61 heavy (non-hydrogen) atoms. The number of rotatable bonds is 18. The lowest BCUT2D eigenvalue weighted by Gasteiger charge is -2.29. The van der Waals surface area contributed by atoms with Gasteiger partial charge in [-0.25, -0.2) is 14.2 Å². The van der Waals surface area contributed by atoms with Gasteiger partial charge in [0.1, 0.15) is 41.0 Å². The summed E-state index contributed by atoms with van der Waals surface area (Å²) < 4.78 is 77.6. The van der Waals surface area contributed by atoms with Gasteiger partial charge in [-0.1, -0.05) is 55.5 Å². The van der Waals surface area contributed by atoms with Crippen molar-refractivity contribution in [3.63, 3.8) is 0 Å². The van der Waals surface area contributed by atoms with Crippen molar-refractivity contribution in [1.82, 2.24) is 0 Å². The topological polar surface area (TPSA) is 156 Å². The number of esters is 1. The smallest absolute Gasteiger partial charge is 0.475 e. The number of hydrogen-bond donors (Lipinski definition) is 0. The number of carbonyl (C=O) groups excluding carboxylic acids is 2. The van der Waals surface area contributed by atoms with E-state index in [0.717, 1.165) is 11.3 Å². The van der Waals surface area contributed by atoms with Crippen LogP contribution in [0.15, 0.2) is 79.9 Å². The molecule has 5 atom stereocenters. The van der Waals surface area contributed by atoms with Gasteiger partial charge >= 0.3 is 19.9 Å². The van der Waals surface area contributed by atoms with Crippen molar-refractivity contribution in [3.8, 4) is 11.5 Å². The van der Waals surface area contributed by atoms with Crippen molar-refractivity contribution in [2.45, 2.75) is 97.3 Å². The maximum atomic E-state index is 14.2. The van der Waals surface area contributed by atoms with E-state index in [1.54, 1.807) is 46.9 Å². The van der Waals surface area contributed by atoms with E-state index in [1.165, 1.54) is 30.2 Å². The fourth-order valence-electron chi connectivity index (χ4n) is 6.25. The van der Waals surface area contributed by atoms with Gasteiger partial charge in [-0.2, -0.15) is 0 Å². The van der Waals surface area contributed by atoms with Crippen LogP contribution in [0.3, 0.4) is 0 Å². The molecule has 0 aliphatic carbocycles. The maximum absolute atomic E-state index is 14.2. The van der Waals surface area contributed by atoms with Crippen LogP contribution < -0.4 is 14.4 Å². The second kappa shape index (κ2) is 22.7. The molecular weight excluding hydrogens is 809 g/mol. The number of nitrogens with zero attached hydrogens (tertiary/aromatic N) is 1. The predicted molar refractivity (Wildman–Crippen MR) is 231 cm³/mol. The molecule has 0 aromatic heterocycles. The molecule has 0 radical (unpaired) electrons. The van der Waals surface area contributed by atoms with E-state index in [0.29, 0.717) is 18.6 Å². The Hall–Kier alpha value is -4.31. The number of phosphoric acid groups is 1. The zero-order chi connectivity index (χ0) is 44.8. The van der Waals surface area contributed by atoms with Gasteiger partial charge < -0.3 is 37.9 Å². The summed E-state index contributed by atoms with van der Waals surface area (Å²) in [5, 5.41) is 0. The summed E-state index contributed by atoms with van der Waals surface area (Å²) in [6.45, 7) is 19.1. The Morgan fingerprint density at radius 2 is 1.69 bits per heavy atom. The molecule has 2 aromatic carbocycles. The molecule has 2 aliphatic heterocycles. The predicted octanol–water partition coefficient (Wildman–Crippen LogP) is 9.21. The number of fused-ring (bicyclic) bond motifs is 2. The molecule has 2 aliphatic rings. The fourth-order valence-corrected chi connectivity index (χ4v) is 7.36. The summed E-state index contributed by atoms with van der Waals surface area (Å²) in [6, 6.07) is 10.8. The van der Waals surface area contributed by atoms with E-state index >= 15 is 0 Å². The first-order valence-electron chi connectivity index (χ1n) is 20.1. The summed E-state index contributed by atoms with van der Waals surface area (Å²) in [5.41, 5.74) is 0.751. The van der Waals surface area contributed by atoms with Crippen LogP contribution in [0.1, 0.15) is 76.4 Å². The Bertz CT molecular complexity index is 1870. The highest BCUT2D eigenvalue weighted by Crippen LogP contribution is 2.49. The molecule has 0 N–H and O–H groups in total. The SMILES string of the molecule is C=CCOP(=O)(OCC=C)OCCN(C(=O)OC(C)(C)C)c1cc2c(c(OCOC)c1)C(=O)O[C@@H](C)[C@H](C)/C=C\[C@@H](OCc1ccc(OC)cc1)[C@H]1OC(C)(C)O[C@H]1CC=C2. The summed E-state index contributed by atoms with van der Waals surface area (Å²) in [7, 11) is -1.03. The highest BCUT2D eigenvalue weighted by molar-refractivity contribution is 7.48. The van der Waals surface area contributed by atoms with Crippen molar-refractivity contribution < 1.29 is 65.6 Å². The largest absolute Gasteiger partial charge is 0.497 e. The van der Waals surface area contributed by atoms with Gasteiger partial charge in [0.2, 0.25) is 0 Å². The monoisotopic (exact) mass is 871 g/mol. The first-order valence-corrected chi connectivity index (χ1v) is 21.6. The van der Waals surface area contributed by atoms with Crippen LogP contribution in [0.5, 0.6) is 11.5 Å². The minimum absolute atomic E-state index is 0.0710. The third-order valence-electron chi connectivity index (χ3n) is 9.30. The van der Waals surface area contributed by atoms with Crippen LogP contribution in [0.25, 0.3) is 6.08 Å². The molecule has 1 fully saturated rings. The average molecular weight is 872 g/mol. The molecule has 2 aromatic rings. The Kier molecular flexibility index (Phi) is 18.4. The number of cyclic esters (lactones) is 1. The molecule has 0 bridgehead atoms. The van der Waals surface area contributed by atoms with Gasteiger partial charge in [0.25, 0.3) is 0 Å². The number of amides is 1. The number of carbonyl (C=O) groups is 2. The molecule has 0 saturated carbocycles. The van der Waals surface area contributed by atoms with E-state index in [9.17, 15) is 14.2 Å². The molecule has 16 heteroatoms. The third-order valence-corrected chi connectivity index (χ3v) is 10.7. The highest BCUT2D eigenvalue weighted by Gasteiger charge is 2.44. The highest BCUT2D eigenvalue weighted by atomic mass is 31.2. The molecular formula is C45H62NO14P. The molecule has 1 saturated heterocycles. The molecule has 0 unspecified atom stereocenters. The van der Waals surface area contributed by atoms with Gasteiger partial charge in [-0.3, -0.25) is 18.5 Å². The third kappa shape index (κ3) is 14.9. The summed E-state index contributed by atoms with van der Waals surface area (Å²) in [6.07, 6.45) is 7.74. The van der Waals surface area contributed by atoms with E-state index < -0.39 is 55.7 Å².